The fourth-order valence-electron chi connectivity index (χ4n) is 3.36. The molecule has 8 heteroatoms. The van der Waals surface area contributed by atoms with Crippen molar-refractivity contribution in [3.8, 4) is 0 Å². The predicted molar refractivity (Wildman–Crippen MR) is 108 cm³/mol. The molecule has 148 valence electrons. The molecule has 30 heavy (non-hydrogen) atoms. The number of esters is 4. The summed E-state index contributed by atoms with van der Waals surface area (Å²) >= 11 is 3.08. The maximum absolute atomic E-state index is 11.7. The lowest BCUT2D eigenvalue weighted by Gasteiger charge is -2.15. The van der Waals surface area contributed by atoms with Gasteiger partial charge in [-0.05, 0) is 48.9 Å². The van der Waals surface area contributed by atoms with Crippen molar-refractivity contribution in [2.75, 3.05) is 0 Å². The Bertz CT molecular complexity index is 1190. The normalized spacial score (nSPS) is 19.7. The predicted octanol–water partition coefficient (Wildman–Crippen LogP) is 3.95. The van der Waals surface area contributed by atoms with E-state index >= 15 is 0 Å². The number of carbonyl (C=O) groups excluding carboxylic acids is 4. The Kier molecular flexibility index (Phi) is 4.60. The number of ether oxygens (including phenoxy) is 2. The quantitative estimate of drug-likeness (QED) is 0.526. The molecule has 2 aromatic rings. The molecule has 1 unspecified atom stereocenters. The van der Waals surface area contributed by atoms with Crippen LogP contribution >= 0.6 is 23.5 Å². The van der Waals surface area contributed by atoms with Gasteiger partial charge in [0.15, 0.2) is 0 Å². The van der Waals surface area contributed by atoms with Crippen LogP contribution in [0.1, 0.15) is 27.1 Å². The van der Waals surface area contributed by atoms with E-state index in [4.69, 9.17) is 0 Å². The summed E-state index contributed by atoms with van der Waals surface area (Å²) < 4.78 is 9.26. The maximum Gasteiger partial charge on any atom is 0.346 e. The largest absolute Gasteiger partial charge is 0.386 e. The Morgan fingerprint density at radius 3 is 2.13 bits per heavy atom. The highest BCUT2D eigenvalue weighted by molar-refractivity contribution is 8.00. The Morgan fingerprint density at radius 1 is 0.700 bits per heavy atom. The third kappa shape index (κ3) is 3.38. The van der Waals surface area contributed by atoms with E-state index in [2.05, 4.69) is 9.47 Å². The maximum atomic E-state index is 11.7. The van der Waals surface area contributed by atoms with Crippen LogP contribution in [-0.4, -0.2) is 29.1 Å². The summed E-state index contributed by atoms with van der Waals surface area (Å²) in [6.07, 6.45) is 4.20. The van der Waals surface area contributed by atoms with Crippen molar-refractivity contribution in [2.45, 2.75) is 26.4 Å². The van der Waals surface area contributed by atoms with Gasteiger partial charge in [-0.25, -0.2) is 19.2 Å². The van der Waals surface area contributed by atoms with E-state index in [1.165, 1.54) is 11.8 Å². The summed E-state index contributed by atoms with van der Waals surface area (Å²) in [5, 5.41) is 0.0426. The average molecular weight is 436 g/mol. The molecule has 2 heterocycles. The minimum Gasteiger partial charge on any atom is -0.386 e. The van der Waals surface area contributed by atoms with E-state index in [0.717, 1.165) is 14.7 Å². The first-order chi connectivity index (χ1) is 14.5. The van der Waals surface area contributed by atoms with Crippen LogP contribution in [0.3, 0.4) is 0 Å². The van der Waals surface area contributed by atoms with Gasteiger partial charge in [-0.3, -0.25) is 0 Å². The molecule has 1 saturated heterocycles. The Morgan fingerprint density at radius 2 is 1.33 bits per heavy atom. The molecule has 5 rings (SSSR count). The SMILES string of the molecule is O=C1OC(=O)C2=CC(Sc3ccc(Sc4ccc5c(c4)C(=O)OC5=O)cc3)CC=C12. The van der Waals surface area contributed by atoms with Crippen LogP contribution < -0.4 is 0 Å². The van der Waals surface area contributed by atoms with Gasteiger partial charge in [-0.1, -0.05) is 23.9 Å². The van der Waals surface area contributed by atoms with E-state index in [1.54, 1.807) is 42.1 Å². The molecule has 3 aliphatic rings. The van der Waals surface area contributed by atoms with Crippen LogP contribution in [0, 0.1) is 0 Å². The number of allylic oxidation sites excluding steroid dienone is 1. The fraction of sp³-hybridized carbons (Fsp3) is 0.0909. The standard InChI is InChI=1S/C22H12O6S2/c23-19-15-7-5-13(9-17(15)21(25)27-19)29-11-1-2-12(4-3-11)30-14-6-8-16-18(10-14)22(26)28-20(16)24/h1-5,7-10,14H,6H2. The zero-order valence-electron chi connectivity index (χ0n) is 15.2. The summed E-state index contributed by atoms with van der Waals surface area (Å²) in [7, 11) is 0. The van der Waals surface area contributed by atoms with E-state index in [9.17, 15) is 19.2 Å². The van der Waals surface area contributed by atoms with Crippen molar-refractivity contribution >= 4 is 47.4 Å². The van der Waals surface area contributed by atoms with Crippen molar-refractivity contribution in [3.05, 3.63) is 76.9 Å². The summed E-state index contributed by atoms with van der Waals surface area (Å²) in [6.45, 7) is 0. The number of hydrogen-bond donors (Lipinski definition) is 0. The van der Waals surface area contributed by atoms with Crippen LogP contribution in [-0.2, 0) is 19.1 Å². The smallest absolute Gasteiger partial charge is 0.346 e. The van der Waals surface area contributed by atoms with Crippen molar-refractivity contribution in [3.63, 3.8) is 0 Å². The molecule has 0 aromatic heterocycles. The first-order valence-electron chi connectivity index (χ1n) is 9.02. The summed E-state index contributed by atoms with van der Waals surface area (Å²) in [5.74, 6) is -2.37. The first-order valence-corrected chi connectivity index (χ1v) is 10.7. The van der Waals surface area contributed by atoms with Crippen LogP contribution in [0.2, 0.25) is 0 Å². The molecule has 1 atom stereocenters. The number of thioether (sulfide) groups is 1. The summed E-state index contributed by atoms with van der Waals surface area (Å²) in [4.78, 5) is 49.4. The lowest BCUT2D eigenvalue weighted by molar-refractivity contribution is -0.149. The number of cyclic esters (lactones) is 4. The number of rotatable bonds is 4. The van der Waals surface area contributed by atoms with Crippen molar-refractivity contribution in [2.24, 2.45) is 0 Å². The highest BCUT2D eigenvalue weighted by Crippen LogP contribution is 2.37. The third-order valence-corrected chi connectivity index (χ3v) is 6.96. The van der Waals surface area contributed by atoms with Gasteiger partial charge < -0.3 is 9.47 Å². The van der Waals surface area contributed by atoms with E-state index in [0.29, 0.717) is 28.7 Å². The topological polar surface area (TPSA) is 86.7 Å². The minimum absolute atomic E-state index is 0.0426. The molecule has 0 amide bonds. The Labute approximate surface area is 179 Å². The lowest BCUT2D eigenvalue weighted by atomic mass is 10.00. The molecule has 1 fully saturated rings. The molecule has 2 aromatic carbocycles. The first kappa shape index (κ1) is 18.9. The molecule has 2 aliphatic heterocycles. The van der Waals surface area contributed by atoms with Crippen LogP contribution in [0.4, 0.5) is 0 Å². The molecule has 0 bridgehead atoms. The Balaban J connectivity index is 1.27. The highest BCUT2D eigenvalue weighted by atomic mass is 32.2. The summed E-state index contributed by atoms with van der Waals surface area (Å²) in [6, 6.07) is 12.9. The van der Waals surface area contributed by atoms with Gasteiger partial charge in [0.1, 0.15) is 0 Å². The summed E-state index contributed by atoms with van der Waals surface area (Å²) in [5.41, 5.74) is 1.30. The second kappa shape index (κ2) is 7.30. The molecule has 0 N–H and O–H groups in total. The molecule has 1 aliphatic carbocycles. The van der Waals surface area contributed by atoms with Gasteiger partial charge in [0.05, 0.1) is 22.3 Å². The van der Waals surface area contributed by atoms with E-state index in [-0.39, 0.29) is 5.25 Å². The lowest BCUT2D eigenvalue weighted by Crippen LogP contribution is -2.08. The zero-order valence-corrected chi connectivity index (χ0v) is 16.9. The zero-order chi connectivity index (χ0) is 20.8. The minimum atomic E-state index is -0.615. The fourth-order valence-corrected chi connectivity index (χ4v) is 5.26. The van der Waals surface area contributed by atoms with Crippen molar-refractivity contribution in [1.82, 2.24) is 0 Å². The number of fused-ring (bicyclic) bond motifs is 2. The number of carbonyl (C=O) groups is 4. The van der Waals surface area contributed by atoms with E-state index < -0.39 is 23.9 Å². The van der Waals surface area contributed by atoms with Crippen LogP contribution in [0.15, 0.2) is 80.4 Å². The van der Waals surface area contributed by atoms with Gasteiger partial charge in [-0.2, -0.15) is 0 Å². The van der Waals surface area contributed by atoms with Crippen LogP contribution in [0.5, 0.6) is 0 Å². The highest BCUT2D eigenvalue weighted by Gasteiger charge is 2.36. The molecule has 0 radical (unpaired) electrons. The number of benzene rings is 2. The molecular formula is C22H12O6S2. The molecule has 0 saturated carbocycles. The molecular weight excluding hydrogens is 424 g/mol. The second-order valence-electron chi connectivity index (χ2n) is 6.72. The van der Waals surface area contributed by atoms with Gasteiger partial charge in [0.2, 0.25) is 0 Å². The molecule has 6 nitrogen and oxygen atoms in total. The van der Waals surface area contributed by atoms with Gasteiger partial charge >= 0.3 is 23.9 Å². The van der Waals surface area contributed by atoms with Gasteiger partial charge in [0, 0.05) is 19.9 Å². The Hall–Kier alpha value is -3.10. The van der Waals surface area contributed by atoms with Gasteiger partial charge in [0.25, 0.3) is 0 Å². The average Bonchev–Trinajstić information content (AvgIpc) is 3.18. The van der Waals surface area contributed by atoms with Crippen molar-refractivity contribution in [1.29, 1.82) is 0 Å². The second-order valence-corrected chi connectivity index (χ2v) is 9.18. The number of hydrogen-bond acceptors (Lipinski definition) is 8. The monoisotopic (exact) mass is 436 g/mol. The van der Waals surface area contributed by atoms with Gasteiger partial charge in [-0.15, -0.1) is 11.8 Å². The van der Waals surface area contributed by atoms with Crippen LogP contribution in [0.25, 0.3) is 0 Å². The van der Waals surface area contributed by atoms with Crippen molar-refractivity contribution < 1.29 is 28.7 Å². The molecule has 0 spiro atoms. The third-order valence-electron chi connectivity index (χ3n) is 4.79. The van der Waals surface area contributed by atoms with E-state index in [1.807, 2.05) is 24.3 Å².